The van der Waals surface area contributed by atoms with Crippen molar-refractivity contribution in [3.8, 4) is 0 Å². The molecule has 0 aromatic carbocycles. The number of rotatable bonds is 6. The van der Waals surface area contributed by atoms with Crippen molar-refractivity contribution in [2.24, 2.45) is 0 Å². The average Bonchev–Trinajstić information content (AvgIpc) is 3.07. The van der Waals surface area contributed by atoms with Crippen LogP contribution in [0, 0.1) is 0 Å². The van der Waals surface area contributed by atoms with Crippen molar-refractivity contribution >= 4 is 23.2 Å². The van der Waals surface area contributed by atoms with E-state index in [0.29, 0.717) is 6.54 Å². The highest BCUT2D eigenvalue weighted by Gasteiger charge is 2.18. The van der Waals surface area contributed by atoms with E-state index >= 15 is 0 Å². The number of piperazine rings is 1. The molecular formula is C17H23N5OS. The molecule has 7 heteroatoms. The third-order valence-electron chi connectivity index (χ3n) is 4.11. The summed E-state index contributed by atoms with van der Waals surface area (Å²) in [5.41, 5.74) is 0. The molecule has 1 fully saturated rings. The molecule has 1 amide bonds. The lowest BCUT2D eigenvalue weighted by Crippen LogP contribution is -2.47. The van der Waals surface area contributed by atoms with Crippen LogP contribution in [0.1, 0.15) is 16.7 Å². The Bertz CT molecular complexity index is 652. The second-order valence-corrected chi connectivity index (χ2v) is 7.16. The van der Waals surface area contributed by atoms with Gasteiger partial charge in [0, 0.05) is 61.8 Å². The molecule has 6 nitrogen and oxygen atoms in total. The molecule has 1 aliphatic rings. The van der Waals surface area contributed by atoms with Crippen molar-refractivity contribution in [3.63, 3.8) is 0 Å². The van der Waals surface area contributed by atoms with Gasteiger partial charge in [0.05, 0.1) is 6.54 Å². The number of nitrogens with one attached hydrogen (secondary N) is 1. The van der Waals surface area contributed by atoms with Gasteiger partial charge in [0.2, 0.25) is 11.9 Å². The zero-order chi connectivity index (χ0) is 16.8. The van der Waals surface area contributed by atoms with E-state index in [0.717, 1.165) is 45.1 Å². The third kappa shape index (κ3) is 4.75. The van der Waals surface area contributed by atoms with Gasteiger partial charge in [-0.25, -0.2) is 9.97 Å². The van der Waals surface area contributed by atoms with Crippen LogP contribution in [0.15, 0.2) is 30.6 Å². The van der Waals surface area contributed by atoms with Gasteiger partial charge in [0.15, 0.2) is 0 Å². The summed E-state index contributed by atoms with van der Waals surface area (Å²) >= 11 is 1.79. The van der Waals surface area contributed by atoms with Crippen LogP contribution in [0.3, 0.4) is 0 Å². The van der Waals surface area contributed by atoms with Gasteiger partial charge in [0.1, 0.15) is 0 Å². The molecule has 2 aromatic heterocycles. The van der Waals surface area contributed by atoms with E-state index in [9.17, 15) is 4.79 Å². The van der Waals surface area contributed by atoms with Crippen LogP contribution in [0.2, 0.25) is 0 Å². The van der Waals surface area contributed by atoms with Gasteiger partial charge in [-0.1, -0.05) is 0 Å². The number of anilines is 1. The van der Waals surface area contributed by atoms with Gasteiger partial charge in [-0.2, -0.15) is 0 Å². The predicted octanol–water partition coefficient (Wildman–Crippen LogP) is 1.54. The number of thiophene rings is 1. The molecular weight excluding hydrogens is 322 g/mol. The van der Waals surface area contributed by atoms with E-state index in [-0.39, 0.29) is 5.91 Å². The average molecular weight is 345 g/mol. The minimum Gasteiger partial charge on any atom is -0.351 e. The molecule has 0 unspecified atom stereocenters. The van der Waals surface area contributed by atoms with Crippen LogP contribution in [0.4, 0.5) is 5.95 Å². The van der Waals surface area contributed by atoms with E-state index in [1.807, 2.05) is 6.07 Å². The standard InChI is InChI=1S/C17H23N5OS/c1-14(23)20-13-16-4-3-15(24-16)5-8-21-9-11-22(12-10-21)17-18-6-2-7-19-17/h2-4,6-7H,5,8-13H2,1H3,(H,20,23). The predicted molar refractivity (Wildman–Crippen MR) is 96.2 cm³/mol. The molecule has 0 radical (unpaired) electrons. The molecule has 3 heterocycles. The highest BCUT2D eigenvalue weighted by atomic mass is 32.1. The Morgan fingerprint density at radius 2 is 1.88 bits per heavy atom. The van der Waals surface area contributed by atoms with Crippen LogP contribution >= 0.6 is 11.3 Å². The number of hydrogen-bond acceptors (Lipinski definition) is 6. The third-order valence-corrected chi connectivity index (χ3v) is 5.26. The largest absolute Gasteiger partial charge is 0.351 e. The second-order valence-electron chi connectivity index (χ2n) is 5.91. The minimum atomic E-state index is 0.0187. The van der Waals surface area contributed by atoms with Crippen molar-refractivity contribution in [1.82, 2.24) is 20.2 Å². The summed E-state index contributed by atoms with van der Waals surface area (Å²) in [6.45, 7) is 7.29. The molecule has 1 N–H and O–H groups in total. The molecule has 0 saturated carbocycles. The minimum absolute atomic E-state index is 0.0187. The summed E-state index contributed by atoms with van der Waals surface area (Å²) in [7, 11) is 0. The van der Waals surface area contributed by atoms with Gasteiger partial charge < -0.3 is 10.2 Å². The zero-order valence-electron chi connectivity index (χ0n) is 13.9. The summed E-state index contributed by atoms with van der Waals surface area (Å²) in [6.07, 6.45) is 4.65. The van der Waals surface area contributed by atoms with Crippen LogP contribution < -0.4 is 10.2 Å². The number of hydrogen-bond donors (Lipinski definition) is 1. The Labute approximate surface area is 146 Å². The van der Waals surface area contributed by atoms with Crippen LogP contribution in [0.25, 0.3) is 0 Å². The monoisotopic (exact) mass is 345 g/mol. The lowest BCUT2D eigenvalue weighted by Gasteiger charge is -2.34. The topological polar surface area (TPSA) is 61.4 Å². The molecule has 1 aliphatic heterocycles. The fraction of sp³-hybridized carbons (Fsp3) is 0.471. The summed E-state index contributed by atoms with van der Waals surface area (Å²) in [5, 5.41) is 2.84. The Kier molecular flexibility index (Phi) is 5.77. The molecule has 0 bridgehead atoms. The van der Waals surface area contributed by atoms with Crippen LogP contribution in [-0.2, 0) is 17.8 Å². The Morgan fingerprint density at radius 3 is 2.58 bits per heavy atom. The van der Waals surface area contributed by atoms with Gasteiger partial charge >= 0.3 is 0 Å². The number of carbonyl (C=O) groups excluding carboxylic acids is 1. The van der Waals surface area contributed by atoms with Crippen molar-refractivity contribution in [2.45, 2.75) is 19.9 Å². The number of nitrogens with zero attached hydrogens (tertiary/aromatic N) is 4. The zero-order valence-corrected chi connectivity index (χ0v) is 14.8. The lowest BCUT2D eigenvalue weighted by molar-refractivity contribution is -0.119. The first-order chi connectivity index (χ1) is 11.7. The van der Waals surface area contributed by atoms with Gasteiger partial charge in [0.25, 0.3) is 0 Å². The molecule has 3 rings (SSSR count). The SMILES string of the molecule is CC(=O)NCc1ccc(CCN2CCN(c3ncccn3)CC2)s1. The lowest BCUT2D eigenvalue weighted by atomic mass is 10.2. The van der Waals surface area contributed by atoms with Crippen molar-refractivity contribution < 1.29 is 4.79 Å². The molecule has 2 aromatic rings. The highest BCUT2D eigenvalue weighted by molar-refractivity contribution is 7.11. The maximum absolute atomic E-state index is 11.0. The first-order valence-electron chi connectivity index (χ1n) is 8.27. The quantitative estimate of drug-likeness (QED) is 0.860. The molecule has 1 saturated heterocycles. The first-order valence-corrected chi connectivity index (χ1v) is 9.09. The van der Waals surface area contributed by atoms with Gasteiger partial charge in [-0.15, -0.1) is 11.3 Å². The molecule has 24 heavy (non-hydrogen) atoms. The van der Waals surface area contributed by atoms with Crippen molar-refractivity contribution in [3.05, 3.63) is 40.3 Å². The van der Waals surface area contributed by atoms with E-state index in [4.69, 9.17) is 0 Å². The normalized spacial score (nSPS) is 15.5. The smallest absolute Gasteiger partial charge is 0.225 e. The first kappa shape index (κ1) is 16.9. The van der Waals surface area contributed by atoms with Crippen molar-refractivity contribution in [2.75, 3.05) is 37.6 Å². The number of aromatic nitrogens is 2. The maximum Gasteiger partial charge on any atom is 0.225 e. The molecule has 0 atom stereocenters. The maximum atomic E-state index is 11.0. The Morgan fingerprint density at radius 1 is 1.17 bits per heavy atom. The summed E-state index contributed by atoms with van der Waals surface area (Å²) in [4.78, 5) is 26.9. The molecule has 0 aliphatic carbocycles. The Balaban J connectivity index is 1.41. The van der Waals surface area contributed by atoms with Crippen LogP contribution in [-0.4, -0.2) is 53.5 Å². The Hall–Kier alpha value is -1.99. The summed E-state index contributed by atoms with van der Waals surface area (Å²) in [6, 6.07) is 6.14. The second kappa shape index (κ2) is 8.21. The van der Waals surface area contributed by atoms with Gasteiger partial charge in [-0.05, 0) is 24.6 Å². The summed E-state index contributed by atoms with van der Waals surface area (Å²) in [5.74, 6) is 0.850. The van der Waals surface area contributed by atoms with E-state index in [1.54, 1.807) is 30.7 Å². The molecule has 128 valence electrons. The fourth-order valence-corrected chi connectivity index (χ4v) is 3.70. The van der Waals surface area contributed by atoms with E-state index in [2.05, 4.69) is 37.2 Å². The summed E-state index contributed by atoms with van der Waals surface area (Å²) < 4.78 is 0. The molecule has 0 spiro atoms. The highest BCUT2D eigenvalue weighted by Crippen LogP contribution is 2.18. The van der Waals surface area contributed by atoms with Gasteiger partial charge in [-0.3, -0.25) is 9.69 Å². The fourth-order valence-electron chi connectivity index (χ4n) is 2.76. The van der Waals surface area contributed by atoms with Crippen LogP contribution in [0.5, 0.6) is 0 Å². The number of amides is 1. The van der Waals surface area contributed by atoms with Crippen molar-refractivity contribution in [1.29, 1.82) is 0 Å². The number of carbonyl (C=O) groups is 1. The van der Waals surface area contributed by atoms with E-state index in [1.165, 1.54) is 9.75 Å². The van der Waals surface area contributed by atoms with E-state index < -0.39 is 0 Å².